The monoisotopic (exact) mass is 157 g/mol. The van der Waals surface area contributed by atoms with Gasteiger partial charge in [0.1, 0.15) is 0 Å². The molecule has 2 nitrogen and oxygen atoms in total. The van der Waals surface area contributed by atoms with E-state index >= 15 is 0 Å². The molecule has 0 aliphatic heterocycles. The molecule has 2 heteroatoms. The average Bonchev–Trinajstić information content (AvgIpc) is 2.05. The molecule has 0 unspecified atom stereocenters. The standard InChI is InChI=1S/C9H19NO/c1-3-9(11)7-5-4-6-8(9)10-2/h8,10-11H,3-7H2,1-2H3/t8-,9+/m1/s1. The molecule has 0 aromatic heterocycles. The van der Waals surface area contributed by atoms with E-state index in [1.54, 1.807) is 0 Å². The topological polar surface area (TPSA) is 32.3 Å². The number of nitrogens with one attached hydrogen (secondary N) is 1. The van der Waals surface area contributed by atoms with Crippen molar-refractivity contribution in [2.45, 2.75) is 50.7 Å². The second-order valence-corrected chi connectivity index (χ2v) is 3.54. The summed E-state index contributed by atoms with van der Waals surface area (Å²) in [4.78, 5) is 0. The van der Waals surface area contributed by atoms with E-state index in [0.717, 1.165) is 19.3 Å². The number of rotatable bonds is 2. The highest BCUT2D eigenvalue weighted by molar-refractivity contribution is 4.92. The van der Waals surface area contributed by atoms with Crippen molar-refractivity contribution in [2.75, 3.05) is 7.05 Å². The van der Waals surface area contributed by atoms with Gasteiger partial charge in [-0.05, 0) is 26.3 Å². The van der Waals surface area contributed by atoms with Crippen LogP contribution in [0.4, 0.5) is 0 Å². The Bertz CT molecular complexity index is 127. The first kappa shape index (κ1) is 9.01. The van der Waals surface area contributed by atoms with Gasteiger partial charge in [0.2, 0.25) is 0 Å². The highest BCUT2D eigenvalue weighted by atomic mass is 16.3. The predicted octanol–water partition coefficient (Wildman–Crippen LogP) is 1.29. The summed E-state index contributed by atoms with van der Waals surface area (Å²) in [6.45, 7) is 2.07. The molecule has 1 rings (SSSR count). The van der Waals surface area contributed by atoms with Gasteiger partial charge in [-0.2, -0.15) is 0 Å². The second kappa shape index (κ2) is 3.55. The van der Waals surface area contributed by atoms with Crippen LogP contribution in [0.1, 0.15) is 39.0 Å². The average molecular weight is 157 g/mol. The van der Waals surface area contributed by atoms with Crippen molar-refractivity contribution in [3.63, 3.8) is 0 Å². The molecule has 0 spiro atoms. The van der Waals surface area contributed by atoms with Gasteiger partial charge in [0.25, 0.3) is 0 Å². The lowest BCUT2D eigenvalue weighted by atomic mass is 9.79. The van der Waals surface area contributed by atoms with Crippen LogP contribution in [0.5, 0.6) is 0 Å². The third-order valence-corrected chi connectivity index (χ3v) is 2.96. The Morgan fingerprint density at radius 3 is 2.73 bits per heavy atom. The van der Waals surface area contributed by atoms with Crippen molar-refractivity contribution in [3.05, 3.63) is 0 Å². The third kappa shape index (κ3) is 1.74. The molecule has 1 aliphatic rings. The van der Waals surface area contributed by atoms with Crippen molar-refractivity contribution in [1.82, 2.24) is 5.32 Å². The Hall–Kier alpha value is -0.0800. The molecule has 2 atom stereocenters. The lowest BCUT2D eigenvalue weighted by molar-refractivity contribution is -0.0275. The van der Waals surface area contributed by atoms with Gasteiger partial charge < -0.3 is 10.4 Å². The number of likely N-dealkylation sites (N-methyl/N-ethyl adjacent to an activating group) is 1. The van der Waals surface area contributed by atoms with Crippen LogP contribution in [0.15, 0.2) is 0 Å². The summed E-state index contributed by atoms with van der Waals surface area (Å²) in [6.07, 6.45) is 5.41. The summed E-state index contributed by atoms with van der Waals surface area (Å²) >= 11 is 0. The normalized spacial score (nSPS) is 39.0. The van der Waals surface area contributed by atoms with E-state index < -0.39 is 5.60 Å². The first-order valence-corrected chi connectivity index (χ1v) is 4.62. The summed E-state index contributed by atoms with van der Waals surface area (Å²) < 4.78 is 0. The van der Waals surface area contributed by atoms with Crippen LogP contribution in [-0.2, 0) is 0 Å². The molecule has 0 saturated heterocycles. The second-order valence-electron chi connectivity index (χ2n) is 3.54. The summed E-state index contributed by atoms with van der Waals surface area (Å²) in [7, 11) is 1.94. The third-order valence-electron chi connectivity index (χ3n) is 2.96. The van der Waals surface area contributed by atoms with E-state index in [-0.39, 0.29) is 0 Å². The SMILES string of the molecule is CC[C@]1(O)CCCC[C@H]1NC. The van der Waals surface area contributed by atoms with Crippen molar-refractivity contribution in [1.29, 1.82) is 0 Å². The summed E-state index contributed by atoms with van der Waals surface area (Å²) in [5, 5.41) is 13.3. The number of hydrogen-bond acceptors (Lipinski definition) is 2. The fraction of sp³-hybridized carbons (Fsp3) is 1.00. The maximum absolute atomic E-state index is 10.1. The van der Waals surface area contributed by atoms with E-state index in [9.17, 15) is 5.11 Å². The molecule has 66 valence electrons. The van der Waals surface area contributed by atoms with E-state index in [1.165, 1.54) is 12.8 Å². The molecule has 11 heavy (non-hydrogen) atoms. The van der Waals surface area contributed by atoms with Gasteiger partial charge in [-0.3, -0.25) is 0 Å². The Morgan fingerprint density at radius 1 is 1.55 bits per heavy atom. The summed E-state index contributed by atoms with van der Waals surface area (Å²) in [6, 6.07) is 0.321. The van der Waals surface area contributed by atoms with Gasteiger partial charge in [0, 0.05) is 6.04 Å². The summed E-state index contributed by atoms with van der Waals surface area (Å²) in [5.41, 5.74) is -0.424. The van der Waals surface area contributed by atoms with Gasteiger partial charge in [-0.25, -0.2) is 0 Å². The largest absolute Gasteiger partial charge is 0.388 e. The van der Waals surface area contributed by atoms with Gasteiger partial charge >= 0.3 is 0 Å². The maximum atomic E-state index is 10.1. The molecule has 0 aromatic carbocycles. The first-order chi connectivity index (χ1) is 5.23. The number of aliphatic hydroxyl groups is 1. The molecule has 1 saturated carbocycles. The van der Waals surface area contributed by atoms with Crippen LogP contribution in [0, 0.1) is 0 Å². The van der Waals surface area contributed by atoms with Crippen LogP contribution in [0.25, 0.3) is 0 Å². The van der Waals surface area contributed by atoms with E-state index in [2.05, 4.69) is 12.2 Å². The van der Waals surface area contributed by atoms with Crippen LogP contribution >= 0.6 is 0 Å². The van der Waals surface area contributed by atoms with Crippen molar-refractivity contribution >= 4 is 0 Å². The molecular formula is C9H19NO. The van der Waals surface area contributed by atoms with Crippen LogP contribution in [0.3, 0.4) is 0 Å². The van der Waals surface area contributed by atoms with Gasteiger partial charge in [-0.1, -0.05) is 19.8 Å². The van der Waals surface area contributed by atoms with E-state index in [4.69, 9.17) is 0 Å². The maximum Gasteiger partial charge on any atom is 0.0797 e. The minimum Gasteiger partial charge on any atom is -0.388 e. The quantitative estimate of drug-likeness (QED) is 0.633. The molecule has 0 heterocycles. The van der Waals surface area contributed by atoms with E-state index in [0.29, 0.717) is 6.04 Å². The van der Waals surface area contributed by atoms with Crippen LogP contribution in [0.2, 0.25) is 0 Å². The molecule has 0 aromatic rings. The zero-order valence-corrected chi connectivity index (χ0v) is 7.56. The zero-order valence-electron chi connectivity index (χ0n) is 7.56. The highest BCUT2D eigenvalue weighted by Crippen LogP contribution is 2.30. The van der Waals surface area contributed by atoms with Crippen LogP contribution < -0.4 is 5.32 Å². The Labute approximate surface area is 69.0 Å². The molecule has 0 radical (unpaired) electrons. The summed E-state index contributed by atoms with van der Waals surface area (Å²) in [5.74, 6) is 0. The lowest BCUT2D eigenvalue weighted by Gasteiger charge is -2.39. The minimum absolute atomic E-state index is 0.321. The lowest BCUT2D eigenvalue weighted by Crippen LogP contribution is -2.51. The highest BCUT2D eigenvalue weighted by Gasteiger charge is 2.35. The van der Waals surface area contributed by atoms with Crippen molar-refractivity contribution in [3.8, 4) is 0 Å². The van der Waals surface area contributed by atoms with Gasteiger partial charge in [0.05, 0.1) is 5.60 Å². The van der Waals surface area contributed by atoms with Crippen LogP contribution in [-0.4, -0.2) is 23.8 Å². The number of hydrogen-bond donors (Lipinski definition) is 2. The van der Waals surface area contributed by atoms with Crippen molar-refractivity contribution < 1.29 is 5.11 Å². The van der Waals surface area contributed by atoms with Gasteiger partial charge in [0.15, 0.2) is 0 Å². The molecule has 1 fully saturated rings. The fourth-order valence-corrected chi connectivity index (χ4v) is 2.06. The Balaban J connectivity index is 2.57. The predicted molar refractivity (Wildman–Crippen MR) is 46.6 cm³/mol. The molecule has 2 N–H and O–H groups in total. The van der Waals surface area contributed by atoms with E-state index in [1.807, 2.05) is 7.05 Å². The zero-order chi connectivity index (χ0) is 8.32. The Kier molecular flexibility index (Phi) is 2.90. The smallest absolute Gasteiger partial charge is 0.0797 e. The molecule has 0 amide bonds. The first-order valence-electron chi connectivity index (χ1n) is 4.62. The minimum atomic E-state index is -0.424. The van der Waals surface area contributed by atoms with Crippen molar-refractivity contribution in [2.24, 2.45) is 0 Å². The Morgan fingerprint density at radius 2 is 2.27 bits per heavy atom. The molecule has 1 aliphatic carbocycles. The molecular weight excluding hydrogens is 138 g/mol. The molecule has 0 bridgehead atoms. The van der Waals surface area contributed by atoms with Gasteiger partial charge in [-0.15, -0.1) is 0 Å². The fourth-order valence-electron chi connectivity index (χ4n) is 2.06.